The van der Waals surface area contributed by atoms with Gasteiger partial charge >= 0.3 is 0 Å². The molecule has 0 radical (unpaired) electrons. The van der Waals surface area contributed by atoms with Crippen LogP contribution in [-0.2, 0) is 11.3 Å². The van der Waals surface area contributed by atoms with Crippen LogP contribution in [0.5, 0.6) is 11.5 Å². The van der Waals surface area contributed by atoms with Crippen LogP contribution in [-0.4, -0.2) is 10.7 Å². The summed E-state index contributed by atoms with van der Waals surface area (Å²) < 4.78 is 18.4. The minimum Gasteiger partial charge on any atom is -0.457 e. The molecule has 1 atom stereocenters. The van der Waals surface area contributed by atoms with E-state index in [2.05, 4.69) is 21.2 Å². The molecule has 21 heavy (non-hydrogen) atoms. The number of benzene rings is 2. The maximum Gasteiger partial charge on any atom is 0.233 e. The van der Waals surface area contributed by atoms with Crippen molar-refractivity contribution in [1.82, 2.24) is 5.32 Å². The van der Waals surface area contributed by atoms with E-state index in [0.29, 0.717) is 18.0 Å². The summed E-state index contributed by atoms with van der Waals surface area (Å²) in [6.45, 7) is 2.24. The van der Waals surface area contributed by atoms with E-state index in [0.717, 1.165) is 5.56 Å². The molecule has 0 aliphatic heterocycles. The number of rotatable bonds is 5. The molecule has 2 aromatic rings. The Morgan fingerprint density at radius 2 is 1.67 bits per heavy atom. The van der Waals surface area contributed by atoms with Crippen LogP contribution >= 0.6 is 15.9 Å². The Morgan fingerprint density at radius 3 is 2.19 bits per heavy atom. The maximum absolute atomic E-state index is 12.8. The Kier molecular flexibility index (Phi) is 5.33. The molecule has 0 aliphatic rings. The third-order valence-electron chi connectivity index (χ3n) is 2.80. The van der Waals surface area contributed by atoms with Crippen molar-refractivity contribution in [3.05, 3.63) is 59.9 Å². The van der Waals surface area contributed by atoms with Gasteiger partial charge in [-0.1, -0.05) is 28.1 Å². The van der Waals surface area contributed by atoms with Gasteiger partial charge in [0.15, 0.2) is 0 Å². The summed E-state index contributed by atoms with van der Waals surface area (Å²) in [7, 11) is 0. The fourth-order valence-electron chi connectivity index (χ4n) is 1.64. The number of hydrogen-bond donors (Lipinski definition) is 1. The van der Waals surface area contributed by atoms with Crippen molar-refractivity contribution in [2.24, 2.45) is 0 Å². The fraction of sp³-hybridized carbons (Fsp3) is 0.188. The van der Waals surface area contributed by atoms with Crippen molar-refractivity contribution in [3.63, 3.8) is 0 Å². The highest BCUT2D eigenvalue weighted by Gasteiger charge is 2.07. The van der Waals surface area contributed by atoms with Crippen LogP contribution in [0, 0.1) is 5.82 Å². The molecule has 0 saturated carbocycles. The van der Waals surface area contributed by atoms with E-state index in [-0.39, 0.29) is 16.6 Å². The smallest absolute Gasteiger partial charge is 0.233 e. The average molecular weight is 352 g/mol. The molecule has 5 heteroatoms. The van der Waals surface area contributed by atoms with Crippen LogP contribution in [0.4, 0.5) is 4.39 Å². The van der Waals surface area contributed by atoms with Gasteiger partial charge in [-0.15, -0.1) is 0 Å². The molecule has 0 saturated heterocycles. The van der Waals surface area contributed by atoms with Gasteiger partial charge in [0.05, 0.1) is 4.83 Å². The highest BCUT2D eigenvalue weighted by molar-refractivity contribution is 9.10. The van der Waals surface area contributed by atoms with Crippen LogP contribution in [0.15, 0.2) is 48.5 Å². The number of alkyl halides is 1. The maximum atomic E-state index is 12.8. The Labute approximate surface area is 131 Å². The van der Waals surface area contributed by atoms with E-state index in [1.807, 2.05) is 24.3 Å². The first kappa shape index (κ1) is 15.5. The van der Waals surface area contributed by atoms with E-state index in [1.165, 1.54) is 12.1 Å². The van der Waals surface area contributed by atoms with E-state index in [4.69, 9.17) is 4.74 Å². The van der Waals surface area contributed by atoms with Crippen molar-refractivity contribution >= 4 is 21.8 Å². The van der Waals surface area contributed by atoms with E-state index < -0.39 is 0 Å². The monoisotopic (exact) mass is 351 g/mol. The Hall–Kier alpha value is -1.88. The third-order valence-corrected chi connectivity index (χ3v) is 3.22. The number of ether oxygens (including phenoxy) is 1. The van der Waals surface area contributed by atoms with Crippen molar-refractivity contribution in [1.29, 1.82) is 0 Å². The number of nitrogens with one attached hydrogen (secondary N) is 1. The molecule has 1 N–H and O–H groups in total. The molecule has 110 valence electrons. The largest absolute Gasteiger partial charge is 0.457 e. The van der Waals surface area contributed by atoms with Gasteiger partial charge in [0.25, 0.3) is 0 Å². The lowest BCUT2D eigenvalue weighted by molar-refractivity contribution is -0.120. The summed E-state index contributed by atoms with van der Waals surface area (Å²) in [6.07, 6.45) is 0. The molecule has 0 fully saturated rings. The number of halogens is 2. The molecule has 2 rings (SSSR count). The van der Waals surface area contributed by atoms with E-state index in [9.17, 15) is 9.18 Å². The highest BCUT2D eigenvalue weighted by atomic mass is 79.9. The van der Waals surface area contributed by atoms with Crippen molar-refractivity contribution in [2.45, 2.75) is 18.3 Å². The van der Waals surface area contributed by atoms with Crippen LogP contribution < -0.4 is 10.1 Å². The van der Waals surface area contributed by atoms with Gasteiger partial charge < -0.3 is 10.1 Å². The van der Waals surface area contributed by atoms with E-state index >= 15 is 0 Å². The zero-order chi connectivity index (χ0) is 15.2. The quantitative estimate of drug-likeness (QED) is 0.826. The molecule has 1 unspecified atom stereocenters. The second-order valence-electron chi connectivity index (χ2n) is 4.53. The number of amides is 1. The van der Waals surface area contributed by atoms with Gasteiger partial charge in [-0.25, -0.2) is 4.39 Å². The van der Waals surface area contributed by atoms with Gasteiger partial charge in [-0.2, -0.15) is 0 Å². The first-order valence-corrected chi connectivity index (χ1v) is 7.40. The summed E-state index contributed by atoms with van der Waals surface area (Å²) in [5.41, 5.74) is 0.975. The van der Waals surface area contributed by atoms with Crippen LogP contribution in [0.1, 0.15) is 12.5 Å². The molecule has 1 amide bonds. The average Bonchev–Trinajstić information content (AvgIpc) is 2.48. The summed E-state index contributed by atoms with van der Waals surface area (Å²) in [4.78, 5) is 11.2. The van der Waals surface area contributed by atoms with Crippen molar-refractivity contribution in [3.8, 4) is 11.5 Å². The summed E-state index contributed by atoms with van der Waals surface area (Å²) in [5.74, 6) is 0.882. The van der Waals surface area contributed by atoms with E-state index in [1.54, 1.807) is 19.1 Å². The van der Waals surface area contributed by atoms with Crippen LogP contribution in [0.3, 0.4) is 0 Å². The Morgan fingerprint density at radius 1 is 1.14 bits per heavy atom. The Balaban J connectivity index is 1.92. The minimum absolute atomic E-state index is 0.0540. The summed E-state index contributed by atoms with van der Waals surface area (Å²) in [5, 5.41) is 2.81. The van der Waals surface area contributed by atoms with Gasteiger partial charge in [-0.05, 0) is 48.9 Å². The summed E-state index contributed by atoms with van der Waals surface area (Å²) in [6, 6.07) is 13.2. The first-order chi connectivity index (χ1) is 10.0. The van der Waals surface area contributed by atoms with Crippen LogP contribution in [0.25, 0.3) is 0 Å². The molecule has 0 heterocycles. The molecule has 0 aliphatic carbocycles. The van der Waals surface area contributed by atoms with Gasteiger partial charge in [0.1, 0.15) is 17.3 Å². The molecular weight excluding hydrogens is 337 g/mol. The van der Waals surface area contributed by atoms with Crippen LogP contribution in [0.2, 0.25) is 0 Å². The van der Waals surface area contributed by atoms with Crippen molar-refractivity contribution in [2.75, 3.05) is 0 Å². The van der Waals surface area contributed by atoms with Crippen molar-refractivity contribution < 1.29 is 13.9 Å². The lowest BCUT2D eigenvalue weighted by Crippen LogP contribution is -2.28. The topological polar surface area (TPSA) is 38.3 Å². The molecule has 3 nitrogen and oxygen atoms in total. The minimum atomic E-state index is -0.297. The molecule has 0 aromatic heterocycles. The normalized spacial score (nSPS) is 11.8. The molecule has 0 bridgehead atoms. The lowest BCUT2D eigenvalue weighted by Gasteiger charge is -2.08. The number of hydrogen-bond acceptors (Lipinski definition) is 2. The first-order valence-electron chi connectivity index (χ1n) is 6.49. The lowest BCUT2D eigenvalue weighted by atomic mass is 10.2. The predicted octanol–water partition coefficient (Wildman–Crippen LogP) is 4.02. The molecule has 2 aromatic carbocycles. The zero-order valence-corrected chi connectivity index (χ0v) is 13.1. The highest BCUT2D eigenvalue weighted by Crippen LogP contribution is 2.21. The van der Waals surface area contributed by atoms with Gasteiger partial charge in [-0.3, -0.25) is 4.79 Å². The number of carbonyl (C=O) groups is 1. The second kappa shape index (κ2) is 7.22. The predicted molar refractivity (Wildman–Crippen MR) is 83.2 cm³/mol. The molecule has 0 spiro atoms. The summed E-state index contributed by atoms with van der Waals surface area (Å²) >= 11 is 3.21. The van der Waals surface area contributed by atoms with Gasteiger partial charge in [0.2, 0.25) is 5.91 Å². The molecular formula is C16H15BrFNO2. The van der Waals surface area contributed by atoms with Gasteiger partial charge in [0, 0.05) is 6.54 Å². The SMILES string of the molecule is CC(Br)C(=O)NCc1ccc(Oc2ccc(F)cc2)cc1. The standard InChI is InChI=1S/C16H15BrFNO2/c1-11(17)16(20)19-10-12-2-6-14(7-3-12)21-15-8-4-13(18)5-9-15/h2-9,11H,10H2,1H3,(H,19,20). The second-order valence-corrected chi connectivity index (χ2v) is 5.91. The fourth-order valence-corrected chi connectivity index (χ4v) is 1.81. The Bertz CT molecular complexity index is 597. The number of carbonyl (C=O) groups excluding carboxylic acids is 1. The zero-order valence-electron chi connectivity index (χ0n) is 11.5. The third kappa shape index (κ3) is 4.86.